The molecule has 138 valence electrons. The quantitative estimate of drug-likeness (QED) is 0.775. The summed E-state index contributed by atoms with van der Waals surface area (Å²) in [5.41, 5.74) is 0.878. The van der Waals surface area contributed by atoms with Crippen molar-refractivity contribution in [3.63, 3.8) is 0 Å². The van der Waals surface area contributed by atoms with Crippen molar-refractivity contribution in [1.29, 1.82) is 0 Å². The summed E-state index contributed by atoms with van der Waals surface area (Å²) in [5, 5.41) is 3.91. The first kappa shape index (κ1) is 18.9. The van der Waals surface area contributed by atoms with E-state index < -0.39 is 10.0 Å². The van der Waals surface area contributed by atoms with E-state index >= 15 is 0 Å². The second kappa shape index (κ2) is 7.77. The van der Waals surface area contributed by atoms with E-state index in [2.05, 4.69) is 4.98 Å². The van der Waals surface area contributed by atoms with Gasteiger partial charge in [-0.15, -0.1) is 23.1 Å². The highest BCUT2D eigenvalue weighted by molar-refractivity contribution is 8.03. The molecule has 1 atom stereocenters. The molecule has 2 aliphatic heterocycles. The van der Waals surface area contributed by atoms with E-state index in [1.54, 1.807) is 30.0 Å². The van der Waals surface area contributed by atoms with E-state index in [1.807, 2.05) is 23.3 Å². The zero-order chi connectivity index (χ0) is 18.0. The molecular weight excluding hydrogens is 378 g/mol. The molecule has 0 N–H and O–H groups in total. The number of amides is 1. The molecule has 6 nitrogen and oxygen atoms in total. The van der Waals surface area contributed by atoms with Crippen LogP contribution in [0.3, 0.4) is 0 Å². The van der Waals surface area contributed by atoms with E-state index in [4.69, 9.17) is 0 Å². The fraction of sp³-hybridized carbons (Fsp3) is 0.625. The number of thioether (sulfide) groups is 1. The minimum absolute atomic E-state index is 0.0409. The number of carbonyl (C=O) groups is 1. The van der Waals surface area contributed by atoms with E-state index in [1.165, 1.54) is 4.31 Å². The molecule has 1 aromatic rings. The molecule has 2 aliphatic rings. The summed E-state index contributed by atoms with van der Waals surface area (Å²) >= 11 is 3.25. The maximum atomic E-state index is 13.0. The van der Waals surface area contributed by atoms with E-state index in [-0.39, 0.29) is 17.6 Å². The van der Waals surface area contributed by atoms with Crippen molar-refractivity contribution in [2.75, 3.05) is 31.1 Å². The lowest BCUT2D eigenvalue weighted by molar-refractivity contribution is -0.133. The lowest BCUT2D eigenvalue weighted by Crippen LogP contribution is -2.46. The molecule has 2 fully saturated rings. The number of nitrogens with zero attached hydrogens (tertiary/aromatic N) is 3. The number of hydrogen-bond acceptors (Lipinski definition) is 6. The van der Waals surface area contributed by atoms with Crippen LogP contribution in [0, 0.1) is 12.8 Å². The van der Waals surface area contributed by atoms with E-state index in [0.717, 1.165) is 34.3 Å². The zero-order valence-corrected chi connectivity index (χ0v) is 16.9. The van der Waals surface area contributed by atoms with Gasteiger partial charge in [-0.3, -0.25) is 4.79 Å². The van der Waals surface area contributed by atoms with Gasteiger partial charge in [0.1, 0.15) is 0 Å². The van der Waals surface area contributed by atoms with Gasteiger partial charge in [-0.2, -0.15) is 0 Å². The van der Waals surface area contributed by atoms with Crippen molar-refractivity contribution in [3.8, 4) is 0 Å². The highest BCUT2D eigenvalue weighted by Gasteiger charge is 2.36. The molecule has 2 saturated heterocycles. The van der Waals surface area contributed by atoms with E-state index in [0.29, 0.717) is 19.6 Å². The Balaban J connectivity index is 1.74. The number of thiazole rings is 1. The largest absolute Gasteiger partial charge is 0.306 e. The standard InChI is InChI=1S/C16H23N3O3S3/c1-3-25(21,22)18-6-4-5-13(10-18)16(20)19-7-8-23-15(19)9-14-11-24-12(2)17-14/h9,11,13H,3-8,10H2,1-2H3/b15-9+. The van der Waals surface area contributed by atoms with Crippen molar-refractivity contribution in [2.24, 2.45) is 5.92 Å². The van der Waals surface area contributed by atoms with Gasteiger partial charge in [0.15, 0.2) is 0 Å². The predicted molar refractivity (Wildman–Crippen MR) is 103 cm³/mol. The first-order chi connectivity index (χ1) is 11.9. The SMILES string of the molecule is CCS(=O)(=O)N1CCCC(C(=O)N2CCS/C2=C/c2csc(C)n2)C1. The first-order valence-electron chi connectivity index (χ1n) is 8.46. The smallest absolute Gasteiger partial charge is 0.231 e. The van der Waals surface area contributed by atoms with Gasteiger partial charge in [0.25, 0.3) is 0 Å². The molecule has 1 unspecified atom stereocenters. The van der Waals surface area contributed by atoms with Crippen LogP contribution in [0.4, 0.5) is 0 Å². The minimum Gasteiger partial charge on any atom is -0.306 e. The van der Waals surface area contributed by atoms with Crippen LogP contribution >= 0.6 is 23.1 Å². The summed E-state index contributed by atoms with van der Waals surface area (Å²) in [6, 6.07) is 0. The van der Waals surface area contributed by atoms with Gasteiger partial charge in [0.05, 0.1) is 27.4 Å². The minimum atomic E-state index is -3.24. The lowest BCUT2D eigenvalue weighted by atomic mass is 9.98. The van der Waals surface area contributed by atoms with Crippen LogP contribution < -0.4 is 0 Å². The fourth-order valence-corrected chi connectivity index (χ4v) is 5.91. The number of aryl methyl sites for hydroxylation is 1. The molecule has 3 rings (SSSR count). The number of sulfonamides is 1. The van der Waals surface area contributed by atoms with Crippen LogP contribution in [0.2, 0.25) is 0 Å². The number of piperidine rings is 1. The molecule has 0 aliphatic carbocycles. The van der Waals surface area contributed by atoms with Gasteiger partial charge < -0.3 is 4.90 Å². The summed E-state index contributed by atoms with van der Waals surface area (Å²) < 4.78 is 25.7. The van der Waals surface area contributed by atoms with Gasteiger partial charge in [-0.25, -0.2) is 17.7 Å². The van der Waals surface area contributed by atoms with Crippen LogP contribution in [0.1, 0.15) is 30.5 Å². The molecule has 0 aromatic carbocycles. The summed E-state index contributed by atoms with van der Waals surface area (Å²) in [6.07, 6.45) is 3.45. The molecule has 3 heterocycles. The number of carbonyl (C=O) groups excluding carboxylic acids is 1. The summed E-state index contributed by atoms with van der Waals surface area (Å²) in [4.78, 5) is 19.3. The lowest BCUT2D eigenvalue weighted by Gasteiger charge is -2.33. The Morgan fingerprint density at radius 3 is 2.92 bits per heavy atom. The molecule has 0 saturated carbocycles. The summed E-state index contributed by atoms with van der Waals surface area (Å²) in [7, 11) is -3.24. The molecule has 25 heavy (non-hydrogen) atoms. The molecule has 1 amide bonds. The number of aromatic nitrogens is 1. The monoisotopic (exact) mass is 401 g/mol. The maximum absolute atomic E-state index is 13.0. The van der Waals surface area contributed by atoms with Crippen LogP contribution in [0.5, 0.6) is 0 Å². The predicted octanol–water partition coefficient (Wildman–Crippen LogP) is 2.39. The average Bonchev–Trinajstić information content (AvgIpc) is 3.23. The molecular formula is C16H23N3O3S3. The molecule has 0 bridgehead atoms. The van der Waals surface area contributed by atoms with Crippen molar-refractivity contribution in [1.82, 2.24) is 14.2 Å². The first-order valence-corrected chi connectivity index (χ1v) is 11.9. The Morgan fingerprint density at radius 2 is 2.24 bits per heavy atom. The normalized spacial score (nSPS) is 24.2. The van der Waals surface area contributed by atoms with Gasteiger partial charge >= 0.3 is 0 Å². The highest BCUT2D eigenvalue weighted by atomic mass is 32.2. The third-order valence-electron chi connectivity index (χ3n) is 4.50. The van der Waals surface area contributed by atoms with Crippen LogP contribution in [0.15, 0.2) is 10.4 Å². The highest BCUT2D eigenvalue weighted by Crippen LogP contribution is 2.33. The fourth-order valence-electron chi connectivity index (χ4n) is 3.14. The maximum Gasteiger partial charge on any atom is 0.231 e. The summed E-state index contributed by atoms with van der Waals surface area (Å²) in [6.45, 7) is 5.11. The Hall–Kier alpha value is -0.900. The average molecular weight is 402 g/mol. The van der Waals surface area contributed by atoms with Gasteiger partial charge in [-0.05, 0) is 32.8 Å². The Bertz CT molecular complexity index is 773. The molecule has 1 aromatic heterocycles. The third kappa shape index (κ3) is 4.27. The molecule has 0 radical (unpaired) electrons. The second-order valence-electron chi connectivity index (χ2n) is 6.21. The molecule has 9 heteroatoms. The Labute approximate surface area is 157 Å². The second-order valence-corrected chi connectivity index (χ2v) is 10.6. The topological polar surface area (TPSA) is 70.6 Å². The van der Waals surface area contributed by atoms with Gasteiger partial charge in [-0.1, -0.05) is 0 Å². The van der Waals surface area contributed by atoms with Crippen LogP contribution in [-0.2, 0) is 14.8 Å². The van der Waals surface area contributed by atoms with E-state index in [9.17, 15) is 13.2 Å². The van der Waals surface area contributed by atoms with Crippen molar-refractivity contribution in [3.05, 3.63) is 21.1 Å². The number of rotatable bonds is 4. The van der Waals surface area contributed by atoms with Crippen molar-refractivity contribution in [2.45, 2.75) is 26.7 Å². The van der Waals surface area contributed by atoms with Crippen LogP contribution in [-0.4, -0.2) is 59.7 Å². The third-order valence-corrected chi connectivity index (χ3v) is 8.16. The summed E-state index contributed by atoms with van der Waals surface area (Å²) in [5.74, 6) is 0.736. The van der Waals surface area contributed by atoms with Crippen molar-refractivity contribution < 1.29 is 13.2 Å². The Kier molecular flexibility index (Phi) is 5.87. The zero-order valence-electron chi connectivity index (χ0n) is 14.5. The number of hydrogen-bond donors (Lipinski definition) is 0. The molecule has 0 spiro atoms. The van der Waals surface area contributed by atoms with Gasteiger partial charge in [0.2, 0.25) is 15.9 Å². The Morgan fingerprint density at radius 1 is 1.44 bits per heavy atom. The van der Waals surface area contributed by atoms with Crippen LogP contribution in [0.25, 0.3) is 6.08 Å². The van der Waals surface area contributed by atoms with Crippen molar-refractivity contribution >= 4 is 45.1 Å². The van der Waals surface area contributed by atoms with Gasteiger partial charge in [0, 0.05) is 30.8 Å².